The van der Waals surface area contributed by atoms with E-state index in [9.17, 15) is 4.79 Å². The van der Waals surface area contributed by atoms with Crippen LogP contribution in [0.5, 0.6) is 0 Å². The van der Waals surface area contributed by atoms with Crippen LogP contribution in [0, 0.1) is 11.3 Å². The standard InChI is InChI=1S/C12H13N5OS/c1-2-6-17-11(18)15-16-12(17)19-8-9-4-3-5-14-10(9)7-13/h3-5H,2,6,8H2,1H3,(H,15,18). The molecular weight excluding hydrogens is 262 g/mol. The van der Waals surface area contributed by atoms with Gasteiger partial charge in [0, 0.05) is 18.5 Å². The number of nitrogens with one attached hydrogen (secondary N) is 1. The van der Waals surface area contributed by atoms with Crippen molar-refractivity contribution in [3.8, 4) is 6.07 Å². The molecule has 0 saturated carbocycles. The summed E-state index contributed by atoms with van der Waals surface area (Å²) in [5.74, 6) is 0.560. The fraction of sp³-hybridized carbons (Fsp3) is 0.333. The highest BCUT2D eigenvalue weighted by atomic mass is 32.2. The summed E-state index contributed by atoms with van der Waals surface area (Å²) < 4.78 is 1.60. The van der Waals surface area contributed by atoms with Gasteiger partial charge in [0.15, 0.2) is 5.16 Å². The molecule has 0 unspecified atom stereocenters. The molecule has 0 bridgehead atoms. The van der Waals surface area contributed by atoms with Crippen molar-refractivity contribution in [3.05, 3.63) is 40.1 Å². The van der Waals surface area contributed by atoms with Gasteiger partial charge in [-0.15, -0.1) is 5.10 Å². The third kappa shape index (κ3) is 3.03. The zero-order valence-corrected chi connectivity index (χ0v) is 11.3. The quantitative estimate of drug-likeness (QED) is 0.836. The maximum absolute atomic E-state index is 11.5. The van der Waals surface area contributed by atoms with Crippen molar-refractivity contribution < 1.29 is 0 Å². The van der Waals surface area contributed by atoms with Crippen molar-refractivity contribution in [2.45, 2.75) is 30.8 Å². The molecule has 2 rings (SSSR count). The zero-order valence-electron chi connectivity index (χ0n) is 10.5. The normalized spacial score (nSPS) is 10.3. The van der Waals surface area contributed by atoms with Crippen molar-refractivity contribution in [2.24, 2.45) is 0 Å². The van der Waals surface area contributed by atoms with E-state index in [0.29, 0.717) is 23.1 Å². The number of aromatic nitrogens is 4. The van der Waals surface area contributed by atoms with Crippen LogP contribution in [-0.4, -0.2) is 19.7 Å². The van der Waals surface area contributed by atoms with Crippen molar-refractivity contribution in [3.63, 3.8) is 0 Å². The number of pyridine rings is 1. The van der Waals surface area contributed by atoms with Crippen molar-refractivity contribution in [2.75, 3.05) is 0 Å². The molecule has 0 fully saturated rings. The number of nitrogens with zero attached hydrogens (tertiary/aromatic N) is 4. The summed E-state index contributed by atoms with van der Waals surface area (Å²) in [5, 5.41) is 16.0. The second-order valence-corrected chi connectivity index (χ2v) is 4.82. The van der Waals surface area contributed by atoms with Crippen LogP contribution in [-0.2, 0) is 12.3 Å². The predicted molar refractivity (Wildman–Crippen MR) is 71.7 cm³/mol. The van der Waals surface area contributed by atoms with E-state index in [4.69, 9.17) is 5.26 Å². The highest BCUT2D eigenvalue weighted by molar-refractivity contribution is 7.98. The van der Waals surface area contributed by atoms with Gasteiger partial charge in [-0.05, 0) is 18.1 Å². The number of H-pyrrole nitrogens is 1. The molecule has 0 aliphatic heterocycles. The van der Waals surface area contributed by atoms with Gasteiger partial charge in [-0.25, -0.2) is 14.9 Å². The molecule has 6 nitrogen and oxygen atoms in total. The lowest BCUT2D eigenvalue weighted by Crippen LogP contribution is -2.17. The van der Waals surface area contributed by atoms with Gasteiger partial charge >= 0.3 is 5.69 Å². The van der Waals surface area contributed by atoms with Crippen LogP contribution in [0.25, 0.3) is 0 Å². The van der Waals surface area contributed by atoms with Crippen LogP contribution >= 0.6 is 11.8 Å². The molecule has 1 N–H and O–H groups in total. The van der Waals surface area contributed by atoms with Gasteiger partial charge < -0.3 is 0 Å². The summed E-state index contributed by atoms with van der Waals surface area (Å²) in [5.41, 5.74) is 1.06. The molecule has 98 valence electrons. The molecule has 0 aliphatic rings. The predicted octanol–water partition coefficient (Wildman–Crippen LogP) is 1.54. The Kier molecular flexibility index (Phi) is 4.36. The van der Waals surface area contributed by atoms with E-state index < -0.39 is 0 Å². The molecule has 2 aromatic heterocycles. The van der Waals surface area contributed by atoms with Gasteiger partial charge in [0.05, 0.1) is 0 Å². The molecule has 19 heavy (non-hydrogen) atoms. The number of nitriles is 1. The van der Waals surface area contributed by atoms with E-state index in [1.54, 1.807) is 16.8 Å². The van der Waals surface area contributed by atoms with Gasteiger partial charge in [0.1, 0.15) is 11.8 Å². The molecule has 0 saturated heterocycles. The van der Waals surface area contributed by atoms with Crippen LogP contribution in [0.4, 0.5) is 0 Å². The summed E-state index contributed by atoms with van der Waals surface area (Å²) >= 11 is 1.42. The largest absolute Gasteiger partial charge is 0.343 e. The summed E-state index contributed by atoms with van der Waals surface area (Å²) in [6.07, 6.45) is 2.46. The van der Waals surface area contributed by atoms with Crippen LogP contribution in [0.2, 0.25) is 0 Å². The lowest BCUT2D eigenvalue weighted by molar-refractivity contribution is 0.604. The van der Waals surface area contributed by atoms with Gasteiger partial charge in [-0.2, -0.15) is 5.26 Å². The average molecular weight is 275 g/mol. The third-order valence-corrected chi connectivity index (χ3v) is 3.55. The van der Waals surface area contributed by atoms with Crippen LogP contribution in [0.3, 0.4) is 0 Å². The highest BCUT2D eigenvalue weighted by Crippen LogP contribution is 2.20. The fourth-order valence-electron chi connectivity index (χ4n) is 1.63. The van der Waals surface area contributed by atoms with Gasteiger partial charge in [-0.3, -0.25) is 4.57 Å². The van der Waals surface area contributed by atoms with E-state index >= 15 is 0 Å². The number of hydrogen-bond acceptors (Lipinski definition) is 5. The zero-order chi connectivity index (χ0) is 13.7. The van der Waals surface area contributed by atoms with Gasteiger partial charge in [0.25, 0.3) is 0 Å². The molecule has 0 atom stereocenters. The number of thioether (sulfide) groups is 1. The summed E-state index contributed by atoms with van der Waals surface area (Å²) in [4.78, 5) is 15.5. The average Bonchev–Trinajstić information content (AvgIpc) is 2.78. The van der Waals surface area contributed by atoms with E-state index in [2.05, 4.69) is 21.3 Å². The monoisotopic (exact) mass is 275 g/mol. The lowest BCUT2D eigenvalue weighted by Gasteiger charge is -2.04. The van der Waals surface area contributed by atoms with Crippen LogP contribution < -0.4 is 5.69 Å². The minimum atomic E-state index is -0.198. The first kappa shape index (κ1) is 13.4. The Balaban J connectivity index is 2.15. The molecule has 0 amide bonds. The second kappa shape index (κ2) is 6.20. The molecule has 0 radical (unpaired) electrons. The molecule has 2 heterocycles. The molecule has 2 aromatic rings. The molecule has 7 heteroatoms. The molecule has 0 spiro atoms. The van der Waals surface area contributed by atoms with Crippen molar-refractivity contribution >= 4 is 11.8 Å². The SMILES string of the molecule is CCCn1c(SCc2cccnc2C#N)n[nH]c1=O. The Labute approximate surface area is 114 Å². The molecule has 0 aromatic carbocycles. The summed E-state index contributed by atoms with van der Waals surface area (Å²) in [6, 6.07) is 5.70. The number of aromatic amines is 1. The Bertz CT molecular complexity index is 655. The van der Waals surface area contributed by atoms with E-state index in [0.717, 1.165) is 12.0 Å². The molecule has 0 aliphatic carbocycles. The van der Waals surface area contributed by atoms with Crippen molar-refractivity contribution in [1.29, 1.82) is 5.26 Å². The van der Waals surface area contributed by atoms with E-state index in [-0.39, 0.29) is 5.69 Å². The third-order valence-electron chi connectivity index (χ3n) is 2.52. The number of rotatable bonds is 5. The first-order valence-corrected chi connectivity index (χ1v) is 6.86. The van der Waals surface area contributed by atoms with Gasteiger partial charge in [0.2, 0.25) is 0 Å². The smallest absolute Gasteiger partial charge is 0.270 e. The Morgan fingerprint density at radius 1 is 1.58 bits per heavy atom. The maximum Gasteiger partial charge on any atom is 0.343 e. The van der Waals surface area contributed by atoms with Crippen LogP contribution in [0.1, 0.15) is 24.6 Å². The van der Waals surface area contributed by atoms with Crippen LogP contribution in [0.15, 0.2) is 28.3 Å². The summed E-state index contributed by atoms with van der Waals surface area (Å²) in [7, 11) is 0. The first-order chi connectivity index (χ1) is 9.26. The fourth-order valence-corrected chi connectivity index (χ4v) is 2.59. The topological polar surface area (TPSA) is 87.4 Å². The Morgan fingerprint density at radius 2 is 2.42 bits per heavy atom. The minimum Gasteiger partial charge on any atom is -0.270 e. The number of hydrogen-bond donors (Lipinski definition) is 1. The van der Waals surface area contributed by atoms with Crippen molar-refractivity contribution in [1.82, 2.24) is 19.7 Å². The molecular formula is C12H13N5OS. The Hall–Kier alpha value is -2.07. The highest BCUT2D eigenvalue weighted by Gasteiger charge is 2.10. The van der Waals surface area contributed by atoms with E-state index in [1.165, 1.54) is 11.8 Å². The maximum atomic E-state index is 11.5. The lowest BCUT2D eigenvalue weighted by atomic mass is 10.2. The first-order valence-electron chi connectivity index (χ1n) is 5.88. The summed E-state index contributed by atoms with van der Waals surface area (Å²) in [6.45, 7) is 2.64. The minimum absolute atomic E-state index is 0.198. The van der Waals surface area contributed by atoms with Gasteiger partial charge in [-0.1, -0.05) is 24.8 Å². The second-order valence-electron chi connectivity index (χ2n) is 3.87. The Morgan fingerprint density at radius 3 is 3.16 bits per heavy atom. The van der Waals surface area contributed by atoms with E-state index in [1.807, 2.05) is 13.0 Å².